The zero-order valence-electron chi connectivity index (χ0n) is 19.3. The average molecular weight is 487 g/mol. The minimum absolute atomic E-state index is 0.0962. The van der Waals surface area contributed by atoms with Crippen molar-refractivity contribution in [3.05, 3.63) is 65.4 Å². The van der Waals surface area contributed by atoms with Crippen molar-refractivity contribution in [3.63, 3.8) is 0 Å². The summed E-state index contributed by atoms with van der Waals surface area (Å²) in [6.07, 6.45) is 0.894. The lowest BCUT2D eigenvalue weighted by Gasteiger charge is -2.17. The standard InChI is InChI=1S/C24H26N2O7S/c1-15-5-8-21(9-6-15)34(30,31)26-13-19(22-10-7-18(16(2)27)12-23(22)26)11-20(14-33-17(3)28)25-24(29)32-4/h5-10,12-13,20H,11,14H2,1-4H3,(H,25,29)/t20-/m0/s1. The highest BCUT2D eigenvalue weighted by Crippen LogP contribution is 2.28. The Hall–Kier alpha value is -3.66. The number of carbonyl (C=O) groups is 3. The zero-order chi connectivity index (χ0) is 25.0. The Bertz CT molecular complexity index is 1340. The number of aryl methyl sites for hydroxylation is 1. The van der Waals surface area contributed by atoms with Crippen molar-refractivity contribution in [2.45, 2.75) is 38.1 Å². The molecular weight excluding hydrogens is 460 g/mol. The average Bonchev–Trinajstić information content (AvgIpc) is 3.16. The molecule has 0 aliphatic heterocycles. The van der Waals surface area contributed by atoms with Crippen LogP contribution >= 0.6 is 0 Å². The van der Waals surface area contributed by atoms with Crippen LogP contribution in [0.25, 0.3) is 10.9 Å². The molecule has 10 heteroatoms. The van der Waals surface area contributed by atoms with Gasteiger partial charge in [0.05, 0.1) is 23.6 Å². The first-order chi connectivity index (χ1) is 16.0. The van der Waals surface area contributed by atoms with Crippen LogP contribution < -0.4 is 5.32 Å². The first kappa shape index (κ1) is 25.0. The number of ether oxygens (including phenoxy) is 2. The highest BCUT2D eigenvalue weighted by atomic mass is 32.2. The molecule has 1 amide bonds. The fourth-order valence-corrected chi connectivity index (χ4v) is 4.91. The van der Waals surface area contributed by atoms with Crippen LogP contribution in [-0.2, 0) is 30.7 Å². The molecule has 0 radical (unpaired) electrons. The number of alkyl carbamates (subject to hydrolysis) is 1. The van der Waals surface area contributed by atoms with Gasteiger partial charge in [-0.1, -0.05) is 29.8 Å². The molecule has 2 aromatic carbocycles. The molecule has 3 aromatic rings. The molecule has 0 bridgehead atoms. The molecule has 0 unspecified atom stereocenters. The summed E-state index contributed by atoms with van der Waals surface area (Å²) in [4.78, 5) is 35.2. The van der Waals surface area contributed by atoms with Gasteiger partial charge in [0.2, 0.25) is 0 Å². The first-order valence-electron chi connectivity index (χ1n) is 10.5. The quantitative estimate of drug-likeness (QED) is 0.383. The monoisotopic (exact) mass is 486 g/mol. The van der Waals surface area contributed by atoms with Gasteiger partial charge in [-0.2, -0.15) is 0 Å². The Morgan fingerprint density at radius 3 is 2.32 bits per heavy atom. The largest absolute Gasteiger partial charge is 0.464 e. The van der Waals surface area contributed by atoms with E-state index in [4.69, 9.17) is 4.74 Å². The third-order valence-corrected chi connectivity index (χ3v) is 6.99. The first-order valence-corrected chi connectivity index (χ1v) is 11.9. The Kier molecular flexibility index (Phi) is 7.41. The van der Waals surface area contributed by atoms with Crippen molar-refractivity contribution < 1.29 is 32.3 Å². The van der Waals surface area contributed by atoms with E-state index >= 15 is 0 Å². The SMILES string of the molecule is COC(=O)N[C@H](COC(C)=O)Cc1cn(S(=O)(=O)c2ccc(C)cc2)c2cc(C(C)=O)ccc12. The summed E-state index contributed by atoms with van der Waals surface area (Å²) in [6, 6.07) is 10.6. The fourth-order valence-electron chi connectivity index (χ4n) is 3.53. The van der Waals surface area contributed by atoms with Crippen molar-refractivity contribution in [2.75, 3.05) is 13.7 Å². The number of methoxy groups -OCH3 is 1. The molecule has 1 N–H and O–H groups in total. The maximum atomic E-state index is 13.5. The molecule has 180 valence electrons. The van der Waals surface area contributed by atoms with E-state index in [2.05, 4.69) is 10.1 Å². The number of esters is 1. The predicted molar refractivity (Wildman–Crippen MR) is 125 cm³/mol. The number of aromatic nitrogens is 1. The van der Waals surface area contributed by atoms with Gasteiger partial charge in [-0.25, -0.2) is 17.2 Å². The van der Waals surface area contributed by atoms with E-state index < -0.39 is 28.1 Å². The molecule has 0 fully saturated rings. The third kappa shape index (κ3) is 5.45. The van der Waals surface area contributed by atoms with Crippen LogP contribution in [0.1, 0.15) is 35.3 Å². The van der Waals surface area contributed by atoms with Gasteiger partial charge in [0.15, 0.2) is 5.78 Å². The van der Waals surface area contributed by atoms with E-state index in [1.165, 1.54) is 45.4 Å². The second-order valence-electron chi connectivity index (χ2n) is 7.90. The van der Waals surface area contributed by atoms with E-state index in [1.807, 2.05) is 6.92 Å². The molecule has 0 spiro atoms. The van der Waals surface area contributed by atoms with Gasteiger partial charge >= 0.3 is 12.1 Å². The lowest BCUT2D eigenvalue weighted by molar-refractivity contribution is -0.141. The van der Waals surface area contributed by atoms with Crippen molar-refractivity contribution in [3.8, 4) is 0 Å². The molecule has 9 nitrogen and oxygen atoms in total. The van der Waals surface area contributed by atoms with Crippen LogP contribution in [0.15, 0.2) is 53.6 Å². The van der Waals surface area contributed by atoms with Gasteiger partial charge in [0.1, 0.15) is 6.61 Å². The number of ketones is 1. The zero-order valence-corrected chi connectivity index (χ0v) is 20.1. The lowest BCUT2D eigenvalue weighted by Crippen LogP contribution is -2.40. The Morgan fingerprint density at radius 2 is 1.74 bits per heavy atom. The summed E-state index contributed by atoms with van der Waals surface area (Å²) in [5.74, 6) is -0.726. The van der Waals surface area contributed by atoms with E-state index in [0.29, 0.717) is 22.0 Å². The van der Waals surface area contributed by atoms with Gasteiger partial charge in [-0.3, -0.25) is 9.59 Å². The van der Waals surface area contributed by atoms with Crippen molar-refractivity contribution in [2.24, 2.45) is 0 Å². The molecule has 34 heavy (non-hydrogen) atoms. The van der Waals surface area contributed by atoms with Crippen LogP contribution in [0, 0.1) is 6.92 Å². The number of Topliss-reactive ketones (excluding diaryl/α,β-unsaturated/α-hetero) is 1. The molecule has 0 aliphatic carbocycles. The smallest absolute Gasteiger partial charge is 0.407 e. The molecular formula is C24H26N2O7S. The second kappa shape index (κ2) is 10.1. The number of hydrogen-bond donors (Lipinski definition) is 1. The van der Waals surface area contributed by atoms with Crippen LogP contribution in [0.5, 0.6) is 0 Å². The fraction of sp³-hybridized carbons (Fsp3) is 0.292. The van der Waals surface area contributed by atoms with Crippen LogP contribution in [0.2, 0.25) is 0 Å². The highest BCUT2D eigenvalue weighted by Gasteiger charge is 2.24. The second-order valence-corrected chi connectivity index (χ2v) is 9.71. The van der Waals surface area contributed by atoms with Gasteiger partial charge in [0, 0.05) is 24.1 Å². The maximum absolute atomic E-state index is 13.5. The van der Waals surface area contributed by atoms with Crippen LogP contribution in [0.4, 0.5) is 4.79 Å². The molecule has 0 saturated carbocycles. The number of nitrogens with one attached hydrogen (secondary N) is 1. The number of amides is 1. The molecule has 0 saturated heterocycles. The summed E-state index contributed by atoms with van der Waals surface area (Å²) in [5.41, 5.74) is 2.18. The number of rotatable bonds is 8. The summed E-state index contributed by atoms with van der Waals surface area (Å²) < 4.78 is 37.8. The van der Waals surface area contributed by atoms with E-state index in [-0.39, 0.29) is 23.7 Å². The van der Waals surface area contributed by atoms with Gasteiger partial charge in [-0.05, 0) is 44.0 Å². The normalized spacial score (nSPS) is 12.2. The number of hydrogen-bond acceptors (Lipinski definition) is 7. The number of benzene rings is 2. The van der Waals surface area contributed by atoms with Gasteiger partial charge in [-0.15, -0.1) is 0 Å². The maximum Gasteiger partial charge on any atom is 0.407 e. The molecule has 3 rings (SSSR count). The van der Waals surface area contributed by atoms with Crippen molar-refractivity contribution >= 4 is 38.8 Å². The minimum atomic E-state index is -3.99. The number of nitrogens with zero attached hydrogens (tertiary/aromatic N) is 1. The van der Waals surface area contributed by atoms with Crippen LogP contribution in [-0.4, -0.2) is 50.0 Å². The van der Waals surface area contributed by atoms with Gasteiger partial charge in [0.25, 0.3) is 10.0 Å². The van der Waals surface area contributed by atoms with Crippen molar-refractivity contribution in [1.82, 2.24) is 9.29 Å². The molecule has 0 aliphatic rings. The molecule has 1 atom stereocenters. The minimum Gasteiger partial charge on any atom is -0.464 e. The summed E-state index contributed by atoms with van der Waals surface area (Å²) >= 11 is 0. The molecule has 1 aromatic heterocycles. The number of carbonyl (C=O) groups excluding carboxylic acids is 3. The number of fused-ring (bicyclic) bond motifs is 1. The third-order valence-electron chi connectivity index (χ3n) is 5.30. The van der Waals surface area contributed by atoms with Crippen molar-refractivity contribution in [1.29, 1.82) is 0 Å². The van der Waals surface area contributed by atoms with E-state index in [1.54, 1.807) is 24.3 Å². The van der Waals surface area contributed by atoms with E-state index in [9.17, 15) is 22.8 Å². The van der Waals surface area contributed by atoms with E-state index in [0.717, 1.165) is 9.54 Å². The summed E-state index contributed by atoms with van der Waals surface area (Å²) in [7, 11) is -2.78. The highest BCUT2D eigenvalue weighted by molar-refractivity contribution is 7.90. The lowest BCUT2D eigenvalue weighted by atomic mass is 10.0. The molecule has 1 heterocycles. The van der Waals surface area contributed by atoms with Gasteiger partial charge < -0.3 is 14.8 Å². The Morgan fingerprint density at radius 1 is 1.06 bits per heavy atom. The topological polar surface area (TPSA) is 121 Å². The predicted octanol–water partition coefficient (Wildman–Crippen LogP) is 3.22. The summed E-state index contributed by atoms with van der Waals surface area (Å²) in [6.45, 7) is 4.38. The summed E-state index contributed by atoms with van der Waals surface area (Å²) in [5, 5.41) is 3.18. The Balaban J connectivity index is 2.13. The Labute approximate surface area is 197 Å². The van der Waals surface area contributed by atoms with Crippen LogP contribution in [0.3, 0.4) is 0 Å².